The number of hydrogen-bond acceptors (Lipinski definition) is 6. The molecule has 0 bridgehead atoms. The molecule has 1 N–H and O–H groups in total. The lowest BCUT2D eigenvalue weighted by atomic mass is 10.0. The third-order valence-corrected chi connectivity index (χ3v) is 5.86. The summed E-state index contributed by atoms with van der Waals surface area (Å²) in [4.78, 5) is 28.6. The van der Waals surface area contributed by atoms with E-state index in [-0.39, 0.29) is 11.9 Å². The summed E-state index contributed by atoms with van der Waals surface area (Å²) < 4.78 is 0. The second-order valence-corrected chi connectivity index (χ2v) is 8.57. The van der Waals surface area contributed by atoms with Crippen molar-refractivity contribution in [3.05, 3.63) is 47.4 Å². The summed E-state index contributed by atoms with van der Waals surface area (Å²) in [5, 5.41) is 3.49. The van der Waals surface area contributed by atoms with Crippen LogP contribution in [0.4, 0.5) is 11.5 Å². The maximum absolute atomic E-state index is 13.0. The molecule has 4 rings (SSSR count). The van der Waals surface area contributed by atoms with Gasteiger partial charge in [-0.3, -0.25) is 9.69 Å². The van der Waals surface area contributed by atoms with E-state index in [0.717, 1.165) is 61.8 Å². The molecular weight excluding hydrogens is 376 g/mol. The molecule has 1 aromatic carbocycles. The van der Waals surface area contributed by atoms with Crippen LogP contribution in [0.3, 0.4) is 0 Å². The van der Waals surface area contributed by atoms with E-state index in [9.17, 15) is 4.79 Å². The van der Waals surface area contributed by atoms with Gasteiger partial charge in [-0.15, -0.1) is 0 Å². The molecule has 1 aromatic heterocycles. The van der Waals surface area contributed by atoms with Gasteiger partial charge in [0.2, 0.25) is 5.91 Å². The van der Waals surface area contributed by atoms with Crippen LogP contribution in [-0.2, 0) is 17.8 Å². The molecule has 160 valence electrons. The summed E-state index contributed by atoms with van der Waals surface area (Å²) in [6.07, 6.45) is 4.28. The Morgan fingerprint density at radius 1 is 1.20 bits per heavy atom. The number of aryl methyl sites for hydroxylation is 1. The molecule has 2 aromatic rings. The zero-order valence-corrected chi connectivity index (χ0v) is 18.3. The molecule has 0 aliphatic carbocycles. The highest BCUT2D eigenvalue weighted by Gasteiger charge is 2.24. The van der Waals surface area contributed by atoms with Crippen LogP contribution in [0.5, 0.6) is 0 Å². The third kappa shape index (κ3) is 4.63. The van der Waals surface area contributed by atoms with Crippen molar-refractivity contribution >= 4 is 17.4 Å². The van der Waals surface area contributed by atoms with Crippen molar-refractivity contribution in [3.63, 3.8) is 0 Å². The van der Waals surface area contributed by atoms with E-state index in [1.54, 1.807) is 0 Å². The number of para-hydroxylation sites is 1. The minimum absolute atomic E-state index is 0.143. The lowest BCUT2D eigenvalue weighted by molar-refractivity contribution is -0.119. The van der Waals surface area contributed by atoms with Crippen LogP contribution in [0.2, 0.25) is 0 Å². The highest BCUT2D eigenvalue weighted by Crippen LogP contribution is 2.27. The standard InChI is InChI=1S/C23H32N6O/c1-27(2)21-14-18(25-23(26-21)19-10-6-12-24-19)15-28(3)16-22(30)29-13-7-9-17-8-4-5-11-20(17)29/h4-5,8,11,14,19,24H,6-7,9-10,12-13,15-16H2,1-3H3. The van der Waals surface area contributed by atoms with Crippen molar-refractivity contribution in [3.8, 4) is 0 Å². The Morgan fingerprint density at radius 3 is 2.80 bits per heavy atom. The van der Waals surface area contributed by atoms with Gasteiger partial charge in [-0.25, -0.2) is 9.97 Å². The first-order valence-corrected chi connectivity index (χ1v) is 10.9. The number of nitrogens with one attached hydrogen (secondary N) is 1. The van der Waals surface area contributed by atoms with Gasteiger partial charge in [0.25, 0.3) is 0 Å². The van der Waals surface area contributed by atoms with E-state index >= 15 is 0 Å². The molecule has 0 spiro atoms. The number of carbonyl (C=O) groups is 1. The van der Waals surface area contributed by atoms with Crippen LogP contribution in [0.25, 0.3) is 0 Å². The van der Waals surface area contributed by atoms with Crippen LogP contribution < -0.4 is 15.1 Å². The maximum Gasteiger partial charge on any atom is 0.241 e. The Kier molecular flexibility index (Phi) is 6.29. The normalized spacial score (nSPS) is 18.5. The average molecular weight is 409 g/mol. The molecule has 0 saturated carbocycles. The molecule has 7 heteroatoms. The molecule has 7 nitrogen and oxygen atoms in total. The zero-order valence-electron chi connectivity index (χ0n) is 18.3. The third-order valence-electron chi connectivity index (χ3n) is 5.86. The van der Waals surface area contributed by atoms with Gasteiger partial charge in [0.15, 0.2) is 0 Å². The van der Waals surface area contributed by atoms with E-state index in [2.05, 4.69) is 17.4 Å². The Bertz CT molecular complexity index is 893. The van der Waals surface area contributed by atoms with Gasteiger partial charge >= 0.3 is 0 Å². The van der Waals surface area contributed by atoms with Gasteiger partial charge in [-0.1, -0.05) is 18.2 Å². The largest absolute Gasteiger partial charge is 0.363 e. The van der Waals surface area contributed by atoms with E-state index in [0.29, 0.717) is 13.1 Å². The van der Waals surface area contributed by atoms with Crippen LogP contribution in [0, 0.1) is 0 Å². The number of carbonyl (C=O) groups excluding carboxylic acids is 1. The van der Waals surface area contributed by atoms with Crippen molar-refractivity contribution < 1.29 is 4.79 Å². The highest BCUT2D eigenvalue weighted by molar-refractivity contribution is 5.95. The smallest absolute Gasteiger partial charge is 0.241 e. The number of likely N-dealkylation sites (N-methyl/N-ethyl adjacent to an activating group) is 1. The minimum Gasteiger partial charge on any atom is -0.363 e. The summed E-state index contributed by atoms with van der Waals surface area (Å²) in [5.41, 5.74) is 3.28. The van der Waals surface area contributed by atoms with E-state index < -0.39 is 0 Å². The second-order valence-electron chi connectivity index (χ2n) is 8.57. The number of benzene rings is 1. The van der Waals surface area contributed by atoms with Crippen molar-refractivity contribution in [1.82, 2.24) is 20.2 Å². The summed E-state index contributed by atoms with van der Waals surface area (Å²) >= 11 is 0. The average Bonchev–Trinajstić information content (AvgIpc) is 3.28. The Balaban J connectivity index is 1.46. The predicted octanol–water partition coefficient (Wildman–Crippen LogP) is 2.38. The molecule has 3 heterocycles. The summed E-state index contributed by atoms with van der Waals surface area (Å²) in [6, 6.07) is 10.5. The number of fused-ring (bicyclic) bond motifs is 1. The maximum atomic E-state index is 13.0. The van der Waals surface area contributed by atoms with Crippen LogP contribution in [0.1, 0.15) is 42.4 Å². The summed E-state index contributed by atoms with van der Waals surface area (Å²) in [7, 11) is 5.98. The number of nitrogens with zero attached hydrogens (tertiary/aromatic N) is 5. The lowest BCUT2D eigenvalue weighted by Crippen LogP contribution is -2.41. The topological polar surface area (TPSA) is 64.6 Å². The van der Waals surface area contributed by atoms with Crippen LogP contribution in [-0.4, -0.2) is 61.6 Å². The van der Waals surface area contributed by atoms with E-state index in [4.69, 9.17) is 9.97 Å². The minimum atomic E-state index is 0.143. The first-order chi connectivity index (χ1) is 14.5. The van der Waals surface area contributed by atoms with E-state index in [1.165, 1.54) is 5.56 Å². The summed E-state index contributed by atoms with van der Waals surface area (Å²) in [5.74, 6) is 1.91. The van der Waals surface area contributed by atoms with Crippen molar-refractivity contribution in [2.75, 3.05) is 50.6 Å². The van der Waals surface area contributed by atoms with Gasteiger partial charge in [0.05, 0.1) is 18.3 Å². The molecule has 1 amide bonds. The highest BCUT2D eigenvalue weighted by atomic mass is 16.2. The quantitative estimate of drug-likeness (QED) is 0.792. The lowest BCUT2D eigenvalue weighted by Gasteiger charge is -2.31. The molecule has 1 atom stereocenters. The van der Waals surface area contributed by atoms with Gasteiger partial charge in [0.1, 0.15) is 11.6 Å². The summed E-state index contributed by atoms with van der Waals surface area (Å²) in [6.45, 7) is 2.79. The first-order valence-electron chi connectivity index (χ1n) is 10.9. The van der Waals surface area contributed by atoms with Crippen molar-refractivity contribution in [2.24, 2.45) is 0 Å². The van der Waals surface area contributed by atoms with Crippen molar-refractivity contribution in [1.29, 1.82) is 0 Å². The molecule has 1 saturated heterocycles. The van der Waals surface area contributed by atoms with Gasteiger partial charge in [-0.2, -0.15) is 0 Å². The number of hydrogen-bond donors (Lipinski definition) is 1. The molecule has 1 fully saturated rings. The Hall–Kier alpha value is -2.51. The number of aromatic nitrogens is 2. The van der Waals surface area contributed by atoms with Gasteiger partial charge in [0, 0.05) is 38.9 Å². The predicted molar refractivity (Wildman–Crippen MR) is 120 cm³/mol. The molecule has 0 radical (unpaired) electrons. The second kappa shape index (κ2) is 9.10. The number of amides is 1. The molecule has 2 aliphatic heterocycles. The Morgan fingerprint density at radius 2 is 2.03 bits per heavy atom. The SMILES string of the molecule is CN(CC(=O)N1CCCc2ccccc21)Cc1cc(N(C)C)nc(C2CCCN2)n1. The number of rotatable bonds is 6. The fraction of sp³-hybridized carbons (Fsp3) is 0.522. The first kappa shape index (κ1) is 20.8. The monoisotopic (exact) mass is 408 g/mol. The molecule has 1 unspecified atom stereocenters. The van der Waals surface area contributed by atoms with Gasteiger partial charge in [-0.05, 0) is 50.9 Å². The Labute approximate surface area is 179 Å². The van der Waals surface area contributed by atoms with E-state index in [1.807, 2.05) is 54.0 Å². The fourth-order valence-electron chi connectivity index (χ4n) is 4.32. The molecule has 30 heavy (non-hydrogen) atoms. The van der Waals surface area contributed by atoms with Crippen LogP contribution >= 0.6 is 0 Å². The van der Waals surface area contributed by atoms with Gasteiger partial charge < -0.3 is 15.1 Å². The zero-order chi connectivity index (χ0) is 21.1. The number of anilines is 2. The fourth-order valence-corrected chi connectivity index (χ4v) is 4.32. The molecular formula is C23H32N6O. The van der Waals surface area contributed by atoms with Crippen LogP contribution in [0.15, 0.2) is 30.3 Å². The van der Waals surface area contributed by atoms with Crippen molar-refractivity contribution in [2.45, 2.75) is 38.3 Å². The molecule has 2 aliphatic rings.